The van der Waals surface area contributed by atoms with Gasteiger partial charge in [-0.2, -0.15) is 0 Å². The Hall–Kier alpha value is -1.34. The summed E-state index contributed by atoms with van der Waals surface area (Å²) < 4.78 is 5.37. The lowest BCUT2D eigenvalue weighted by atomic mass is 10.2. The fraction of sp³-hybridized carbons (Fsp3) is 0.800. The van der Waals surface area contributed by atoms with Gasteiger partial charge in [0.2, 0.25) is 0 Å². The molecule has 1 fully saturated rings. The van der Waals surface area contributed by atoms with Crippen molar-refractivity contribution in [2.45, 2.75) is 31.5 Å². The number of hydrogen-bond acceptors (Lipinski definition) is 4. The first-order valence-electron chi connectivity index (χ1n) is 5.63. The van der Waals surface area contributed by atoms with Gasteiger partial charge in [0, 0.05) is 13.2 Å². The van der Waals surface area contributed by atoms with Crippen LogP contribution in [0.25, 0.3) is 0 Å². The fourth-order valence-electron chi connectivity index (χ4n) is 1.56. The predicted molar refractivity (Wildman–Crippen MR) is 58.6 cm³/mol. The number of aliphatic carboxylic acids is 1. The van der Waals surface area contributed by atoms with E-state index < -0.39 is 18.1 Å². The number of rotatable bonds is 6. The number of amides is 2. The van der Waals surface area contributed by atoms with Crippen molar-refractivity contribution >= 4 is 12.0 Å². The summed E-state index contributed by atoms with van der Waals surface area (Å²) in [6.07, 6.45) is 1.45. The highest BCUT2D eigenvalue weighted by molar-refractivity contribution is 5.76. The van der Waals surface area contributed by atoms with Crippen molar-refractivity contribution in [2.24, 2.45) is 0 Å². The number of carbonyl (C=O) groups excluding carboxylic acids is 1. The number of carboxylic acids is 1. The molecule has 0 aromatic heterocycles. The minimum absolute atomic E-state index is 0.208. The standard InChI is InChI=1S/C10H18N2O5/c13-8(9(14)15)6-12-10(16)11-4-3-7-2-1-5-17-7/h7-8,13H,1-6H2,(H,14,15)(H2,11,12,16). The monoisotopic (exact) mass is 246 g/mol. The highest BCUT2D eigenvalue weighted by atomic mass is 16.5. The summed E-state index contributed by atoms with van der Waals surface area (Å²) in [4.78, 5) is 21.4. The first kappa shape index (κ1) is 13.7. The molecule has 2 atom stereocenters. The van der Waals surface area contributed by atoms with Gasteiger partial charge in [-0.3, -0.25) is 0 Å². The van der Waals surface area contributed by atoms with E-state index in [2.05, 4.69) is 10.6 Å². The molecule has 0 aromatic rings. The Labute approximate surface area is 99.1 Å². The molecule has 0 radical (unpaired) electrons. The molecule has 0 aliphatic carbocycles. The molecule has 98 valence electrons. The van der Waals surface area contributed by atoms with Crippen molar-refractivity contribution in [3.63, 3.8) is 0 Å². The third-order valence-corrected chi connectivity index (χ3v) is 2.52. The van der Waals surface area contributed by atoms with E-state index >= 15 is 0 Å². The maximum atomic E-state index is 11.2. The number of ether oxygens (including phenoxy) is 1. The molecule has 1 aliphatic rings. The van der Waals surface area contributed by atoms with Gasteiger partial charge in [0.15, 0.2) is 6.10 Å². The van der Waals surface area contributed by atoms with E-state index in [1.807, 2.05) is 0 Å². The highest BCUT2D eigenvalue weighted by Crippen LogP contribution is 2.14. The summed E-state index contributed by atoms with van der Waals surface area (Å²) in [6, 6.07) is -0.483. The molecule has 1 aliphatic heterocycles. The van der Waals surface area contributed by atoms with E-state index in [1.165, 1.54) is 0 Å². The fourth-order valence-corrected chi connectivity index (χ4v) is 1.56. The Morgan fingerprint density at radius 3 is 2.76 bits per heavy atom. The second-order valence-corrected chi connectivity index (χ2v) is 3.91. The highest BCUT2D eigenvalue weighted by Gasteiger charge is 2.16. The zero-order chi connectivity index (χ0) is 12.7. The summed E-state index contributed by atoms with van der Waals surface area (Å²) in [7, 11) is 0. The van der Waals surface area contributed by atoms with Gasteiger partial charge in [0.25, 0.3) is 0 Å². The zero-order valence-electron chi connectivity index (χ0n) is 9.52. The number of aliphatic hydroxyl groups is 1. The molecule has 0 bridgehead atoms. The van der Waals surface area contributed by atoms with Crippen LogP contribution in [0.3, 0.4) is 0 Å². The second kappa shape index (κ2) is 7.08. The van der Waals surface area contributed by atoms with E-state index in [0.29, 0.717) is 6.54 Å². The number of carboxylic acid groups (broad SMARTS) is 1. The number of aliphatic hydroxyl groups excluding tert-OH is 1. The van der Waals surface area contributed by atoms with Crippen molar-refractivity contribution < 1.29 is 24.5 Å². The molecule has 2 amide bonds. The van der Waals surface area contributed by atoms with E-state index in [-0.39, 0.29) is 12.6 Å². The van der Waals surface area contributed by atoms with Crippen molar-refractivity contribution in [3.8, 4) is 0 Å². The number of carbonyl (C=O) groups is 2. The van der Waals surface area contributed by atoms with Gasteiger partial charge in [0.05, 0.1) is 12.6 Å². The number of nitrogens with one attached hydrogen (secondary N) is 2. The summed E-state index contributed by atoms with van der Waals surface area (Å²) in [5.41, 5.74) is 0. The van der Waals surface area contributed by atoms with Gasteiger partial charge in [-0.15, -0.1) is 0 Å². The second-order valence-electron chi connectivity index (χ2n) is 3.91. The molecule has 17 heavy (non-hydrogen) atoms. The predicted octanol–water partition coefficient (Wildman–Crippen LogP) is -0.700. The van der Waals surface area contributed by atoms with Crippen LogP contribution in [0.15, 0.2) is 0 Å². The van der Waals surface area contributed by atoms with Crippen LogP contribution in [0.1, 0.15) is 19.3 Å². The molecule has 0 spiro atoms. The summed E-state index contributed by atoms with van der Waals surface area (Å²) in [5, 5.41) is 22.1. The van der Waals surface area contributed by atoms with Crippen LogP contribution in [-0.2, 0) is 9.53 Å². The summed E-state index contributed by atoms with van der Waals surface area (Å²) in [5.74, 6) is -1.36. The lowest BCUT2D eigenvalue weighted by Crippen LogP contribution is -2.42. The Morgan fingerprint density at radius 2 is 2.18 bits per heavy atom. The van der Waals surface area contributed by atoms with Crippen molar-refractivity contribution in [1.29, 1.82) is 0 Å². The summed E-state index contributed by atoms with van der Waals surface area (Å²) in [6.45, 7) is 0.947. The van der Waals surface area contributed by atoms with Gasteiger partial charge >= 0.3 is 12.0 Å². The Kier molecular flexibility index (Phi) is 5.71. The average Bonchev–Trinajstić information content (AvgIpc) is 2.78. The molecule has 1 saturated heterocycles. The smallest absolute Gasteiger partial charge is 0.334 e. The first-order valence-corrected chi connectivity index (χ1v) is 5.63. The van der Waals surface area contributed by atoms with Crippen LogP contribution < -0.4 is 10.6 Å². The largest absolute Gasteiger partial charge is 0.479 e. The van der Waals surface area contributed by atoms with E-state index in [4.69, 9.17) is 14.9 Å². The molecular formula is C10H18N2O5. The van der Waals surface area contributed by atoms with Crippen molar-refractivity contribution in [1.82, 2.24) is 10.6 Å². The molecule has 7 nitrogen and oxygen atoms in total. The van der Waals surface area contributed by atoms with Crippen LogP contribution >= 0.6 is 0 Å². The maximum absolute atomic E-state index is 11.2. The SMILES string of the molecule is O=C(NCCC1CCCO1)NCC(O)C(=O)O. The van der Waals surface area contributed by atoms with E-state index in [0.717, 1.165) is 25.9 Å². The first-order chi connectivity index (χ1) is 8.09. The lowest BCUT2D eigenvalue weighted by Gasteiger charge is -2.11. The van der Waals surface area contributed by atoms with Gasteiger partial charge in [-0.1, -0.05) is 0 Å². The van der Waals surface area contributed by atoms with Crippen LogP contribution in [0.5, 0.6) is 0 Å². The average molecular weight is 246 g/mol. The minimum Gasteiger partial charge on any atom is -0.479 e. The van der Waals surface area contributed by atoms with E-state index in [9.17, 15) is 9.59 Å². The van der Waals surface area contributed by atoms with Gasteiger partial charge in [-0.05, 0) is 19.3 Å². The number of hydrogen-bond donors (Lipinski definition) is 4. The molecule has 2 unspecified atom stereocenters. The van der Waals surface area contributed by atoms with Crippen LogP contribution in [0.4, 0.5) is 4.79 Å². The van der Waals surface area contributed by atoms with Gasteiger partial charge < -0.3 is 25.6 Å². The Balaban J connectivity index is 2.02. The summed E-state index contributed by atoms with van der Waals surface area (Å²) >= 11 is 0. The lowest BCUT2D eigenvalue weighted by molar-refractivity contribution is -0.146. The maximum Gasteiger partial charge on any atom is 0.334 e. The zero-order valence-corrected chi connectivity index (χ0v) is 9.52. The topological polar surface area (TPSA) is 108 Å². The normalized spacial score (nSPS) is 20.9. The third-order valence-electron chi connectivity index (χ3n) is 2.52. The third kappa shape index (κ3) is 5.50. The molecule has 7 heteroatoms. The molecule has 0 aromatic carbocycles. The quantitative estimate of drug-likeness (QED) is 0.495. The molecule has 4 N–H and O–H groups in total. The van der Waals surface area contributed by atoms with Gasteiger partial charge in [0.1, 0.15) is 0 Å². The molecule has 1 heterocycles. The van der Waals surface area contributed by atoms with Crippen LogP contribution in [0.2, 0.25) is 0 Å². The van der Waals surface area contributed by atoms with Crippen molar-refractivity contribution in [3.05, 3.63) is 0 Å². The number of urea groups is 1. The molecule has 0 saturated carbocycles. The van der Waals surface area contributed by atoms with Crippen molar-refractivity contribution in [2.75, 3.05) is 19.7 Å². The van der Waals surface area contributed by atoms with Gasteiger partial charge in [-0.25, -0.2) is 9.59 Å². The molecule has 1 rings (SSSR count). The Morgan fingerprint density at radius 1 is 1.41 bits per heavy atom. The van der Waals surface area contributed by atoms with E-state index in [1.54, 1.807) is 0 Å². The van der Waals surface area contributed by atoms with Crippen LogP contribution in [-0.4, -0.2) is 54.1 Å². The molecular weight excluding hydrogens is 228 g/mol. The van der Waals surface area contributed by atoms with Crippen LogP contribution in [0, 0.1) is 0 Å². The Bertz CT molecular complexity index is 265. The minimum atomic E-state index is -1.57.